The first kappa shape index (κ1) is 16.1. The molecule has 0 aliphatic carbocycles. The van der Waals surface area contributed by atoms with Crippen LogP contribution in [0.1, 0.15) is 37.7 Å². The first-order valence-corrected chi connectivity index (χ1v) is 7.43. The van der Waals surface area contributed by atoms with Crippen LogP contribution in [0, 0.1) is 6.92 Å². The molecule has 2 aromatic rings. The lowest BCUT2D eigenvalue weighted by molar-refractivity contribution is 0.252. The highest BCUT2D eigenvalue weighted by atomic mass is 16.5. The summed E-state index contributed by atoms with van der Waals surface area (Å²) in [7, 11) is 0. The molecule has 0 unspecified atom stereocenters. The van der Waals surface area contributed by atoms with Crippen molar-refractivity contribution in [2.24, 2.45) is 0 Å². The second kappa shape index (κ2) is 6.64. The molecule has 118 valence electrons. The van der Waals surface area contributed by atoms with Crippen molar-refractivity contribution in [3.8, 4) is 0 Å². The lowest BCUT2D eigenvalue weighted by atomic mass is 9.93. The Kier molecular flexibility index (Phi) is 4.85. The van der Waals surface area contributed by atoms with E-state index in [4.69, 9.17) is 4.52 Å². The average molecular weight is 301 g/mol. The van der Waals surface area contributed by atoms with Gasteiger partial charge < -0.3 is 9.84 Å². The van der Waals surface area contributed by atoms with E-state index in [0.29, 0.717) is 12.4 Å². The van der Waals surface area contributed by atoms with E-state index >= 15 is 0 Å². The second-order valence-electron chi connectivity index (χ2n) is 6.38. The van der Waals surface area contributed by atoms with Gasteiger partial charge in [0.2, 0.25) is 0 Å². The summed E-state index contributed by atoms with van der Waals surface area (Å²) in [5.74, 6) is 1.17. The predicted octanol–water partition coefficient (Wildman–Crippen LogP) is 3.64. The largest absolute Gasteiger partial charge is 0.359 e. The molecule has 0 aliphatic rings. The lowest BCUT2D eigenvalue weighted by Crippen LogP contribution is -2.30. The highest BCUT2D eigenvalue weighted by Crippen LogP contribution is 2.24. The Balaban J connectivity index is 1.81. The number of hydrogen-bond acceptors (Lipinski definition) is 3. The number of carbonyl (C=O) groups excluding carboxylic acids is 1. The summed E-state index contributed by atoms with van der Waals surface area (Å²) in [6, 6.07) is 9.63. The van der Waals surface area contributed by atoms with Gasteiger partial charge in [0.15, 0.2) is 5.82 Å². The summed E-state index contributed by atoms with van der Waals surface area (Å²) in [4.78, 5) is 11.8. The van der Waals surface area contributed by atoms with Gasteiger partial charge in [-0.05, 0) is 24.5 Å². The standard InChI is InChI=1S/C17H23N3O2/c1-12-7-5-6-8-13(12)9-10-18-16(21)19-15-11-14(22-20-15)17(2,3)4/h5-8,11H,9-10H2,1-4H3,(H2,18,19,20,21). The van der Waals surface area contributed by atoms with E-state index in [2.05, 4.69) is 34.8 Å². The number of benzene rings is 1. The molecule has 0 spiro atoms. The summed E-state index contributed by atoms with van der Waals surface area (Å²) < 4.78 is 5.23. The van der Waals surface area contributed by atoms with Crippen LogP contribution in [0.2, 0.25) is 0 Å². The topological polar surface area (TPSA) is 67.2 Å². The molecule has 0 saturated carbocycles. The maximum Gasteiger partial charge on any atom is 0.320 e. The monoisotopic (exact) mass is 301 g/mol. The maximum atomic E-state index is 11.8. The van der Waals surface area contributed by atoms with E-state index in [9.17, 15) is 4.79 Å². The molecule has 0 fully saturated rings. The molecule has 1 aromatic carbocycles. The molecule has 0 atom stereocenters. The van der Waals surface area contributed by atoms with E-state index in [1.54, 1.807) is 6.07 Å². The van der Waals surface area contributed by atoms with Crippen molar-refractivity contribution < 1.29 is 9.32 Å². The maximum absolute atomic E-state index is 11.8. The van der Waals surface area contributed by atoms with Gasteiger partial charge in [0.1, 0.15) is 5.76 Å². The number of hydrogen-bond donors (Lipinski definition) is 2. The third kappa shape index (κ3) is 4.35. The van der Waals surface area contributed by atoms with Crippen molar-refractivity contribution in [1.29, 1.82) is 0 Å². The molecule has 5 nitrogen and oxygen atoms in total. The Bertz CT molecular complexity index is 641. The van der Waals surface area contributed by atoms with Gasteiger partial charge in [-0.1, -0.05) is 50.2 Å². The molecule has 2 rings (SSSR count). The average Bonchev–Trinajstić information content (AvgIpc) is 2.89. The molecular formula is C17H23N3O2. The number of aromatic nitrogens is 1. The number of nitrogens with zero attached hydrogens (tertiary/aromatic N) is 1. The van der Waals surface area contributed by atoms with Crippen LogP contribution < -0.4 is 10.6 Å². The predicted molar refractivity (Wildman–Crippen MR) is 87.1 cm³/mol. The zero-order valence-corrected chi connectivity index (χ0v) is 13.6. The quantitative estimate of drug-likeness (QED) is 0.906. The Hall–Kier alpha value is -2.30. The van der Waals surface area contributed by atoms with Crippen LogP contribution in [0.3, 0.4) is 0 Å². The van der Waals surface area contributed by atoms with Gasteiger partial charge in [-0.15, -0.1) is 0 Å². The van der Waals surface area contributed by atoms with Crippen LogP contribution in [0.5, 0.6) is 0 Å². The molecule has 0 saturated heterocycles. The lowest BCUT2D eigenvalue weighted by Gasteiger charge is -2.12. The fourth-order valence-electron chi connectivity index (χ4n) is 2.05. The second-order valence-corrected chi connectivity index (χ2v) is 6.38. The number of amides is 2. The number of anilines is 1. The van der Waals surface area contributed by atoms with E-state index < -0.39 is 0 Å². The van der Waals surface area contributed by atoms with Crippen molar-refractivity contribution in [3.05, 3.63) is 47.2 Å². The highest BCUT2D eigenvalue weighted by molar-refractivity contribution is 5.88. The van der Waals surface area contributed by atoms with Gasteiger partial charge in [0.05, 0.1) is 0 Å². The van der Waals surface area contributed by atoms with Crippen LogP contribution in [0.25, 0.3) is 0 Å². The number of carbonyl (C=O) groups is 1. The Morgan fingerprint density at radius 2 is 2.00 bits per heavy atom. The van der Waals surface area contributed by atoms with Gasteiger partial charge in [-0.3, -0.25) is 5.32 Å². The molecule has 0 radical (unpaired) electrons. The Labute approximate surface area is 131 Å². The zero-order chi connectivity index (χ0) is 16.2. The highest BCUT2D eigenvalue weighted by Gasteiger charge is 2.20. The first-order chi connectivity index (χ1) is 10.4. The minimum Gasteiger partial charge on any atom is -0.359 e. The summed E-state index contributed by atoms with van der Waals surface area (Å²) in [5, 5.41) is 9.36. The fraction of sp³-hybridized carbons (Fsp3) is 0.412. The van der Waals surface area contributed by atoms with Gasteiger partial charge in [-0.25, -0.2) is 4.79 Å². The van der Waals surface area contributed by atoms with E-state index in [-0.39, 0.29) is 11.4 Å². The molecule has 22 heavy (non-hydrogen) atoms. The summed E-state index contributed by atoms with van der Waals surface area (Å²) in [6.07, 6.45) is 0.798. The number of rotatable bonds is 4. The van der Waals surface area contributed by atoms with Gasteiger partial charge in [-0.2, -0.15) is 0 Å². The van der Waals surface area contributed by atoms with Gasteiger partial charge in [0.25, 0.3) is 0 Å². The number of aryl methyl sites for hydroxylation is 1. The van der Waals surface area contributed by atoms with Crippen molar-refractivity contribution in [1.82, 2.24) is 10.5 Å². The van der Waals surface area contributed by atoms with Crippen LogP contribution in [0.4, 0.5) is 10.6 Å². The molecular weight excluding hydrogens is 278 g/mol. The van der Waals surface area contributed by atoms with E-state index in [0.717, 1.165) is 12.2 Å². The van der Waals surface area contributed by atoms with Crippen molar-refractivity contribution >= 4 is 11.8 Å². The zero-order valence-electron chi connectivity index (χ0n) is 13.6. The van der Waals surface area contributed by atoms with Crippen molar-refractivity contribution in [2.45, 2.75) is 39.5 Å². The first-order valence-electron chi connectivity index (χ1n) is 7.43. The molecule has 1 aromatic heterocycles. The van der Waals surface area contributed by atoms with Crippen LogP contribution in [0.15, 0.2) is 34.9 Å². The fourth-order valence-corrected chi connectivity index (χ4v) is 2.05. The minimum absolute atomic E-state index is 0.131. The Morgan fingerprint density at radius 1 is 1.27 bits per heavy atom. The third-order valence-corrected chi connectivity index (χ3v) is 3.43. The van der Waals surface area contributed by atoms with Crippen molar-refractivity contribution in [3.63, 3.8) is 0 Å². The van der Waals surface area contributed by atoms with Crippen LogP contribution in [-0.4, -0.2) is 17.7 Å². The molecule has 1 heterocycles. The smallest absolute Gasteiger partial charge is 0.320 e. The van der Waals surface area contributed by atoms with Crippen LogP contribution in [-0.2, 0) is 11.8 Å². The Morgan fingerprint density at radius 3 is 2.64 bits per heavy atom. The van der Waals surface area contributed by atoms with Gasteiger partial charge in [0, 0.05) is 18.0 Å². The van der Waals surface area contributed by atoms with Gasteiger partial charge >= 0.3 is 6.03 Å². The summed E-state index contributed by atoms with van der Waals surface area (Å²) >= 11 is 0. The molecule has 2 amide bonds. The van der Waals surface area contributed by atoms with E-state index in [1.807, 2.05) is 32.9 Å². The summed E-state index contributed by atoms with van der Waals surface area (Å²) in [5.41, 5.74) is 2.34. The molecule has 2 N–H and O–H groups in total. The third-order valence-electron chi connectivity index (χ3n) is 3.43. The normalized spacial score (nSPS) is 11.3. The summed E-state index contributed by atoms with van der Waals surface area (Å²) in [6.45, 7) is 8.72. The minimum atomic E-state index is -0.276. The SMILES string of the molecule is Cc1ccccc1CCNC(=O)Nc1cc(C(C)(C)C)on1. The van der Waals surface area contributed by atoms with E-state index in [1.165, 1.54) is 11.1 Å². The van der Waals surface area contributed by atoms with Crippen LogP contribution >= 0.6 is 0 Å². The molecule has 0 aliphatic heterocycles. The molecule has 5 heteroatoms. The number of nitrogens with one attached hydrogen (secondary N) is 2. The number of urea groups is 1. The molecule has 0 bridgehead atoms. The van der Waals surface area contributed by atoms with Crippen molar-refractivity contribution in [2.75, 3.05) is 11.9 Å².